The molecule has 1 aliphatic heterocycles. The molecule has 0 aliphatic carbocycles. The van der Waals surface area contributed by atoms with Crippen LogP contribution in [0, 0.1) is 0 Å². The van der Waals surface area contributed by atoms with Gasteiger partial charge >= 0.3 is 5.97 Å². The summed E-state index contributed by atoms with van der Waals surface area (Å²) >= 11 is 0. The van der Waals surface area contributed by atoms with Crippen molar-refractivity contribution in [2.75, 3.05) is 6.54 Å². The molecule has 1 aromatic carbocycles. The average molecular weight is 296 g/mol. The second-order valence-electron chi connectivity index (χ2n) is 5.36. The largest absolute Gasteiger partial charge is 0.478 e. The second kappa shape index (κ2) is 5.97. The Balaban J connectivity index is 1.76. The lowest BCUT2D eigenvalue weighted by Crippen LogP contribution is -2.37. The Morgan fingerprint density at radius 3 is 2.68 bits per heavy atom. The molecule has 3 rings (SSSR count). The van der Waals surface area contributed by atoms with Crippen molar-refractivity contribution in [3.05, 3.63) is 65.0 Å². The molecular weight excluding hydrogens is 280 g/mol. The molecule has 112 valence electrons. The zero-order chi connectivity index (χ0) is 15.5. The van der Waals surface area contributed by atoms with Crippen LogP contribution in [0.2, 0.25) is 0 Å². The summed E-state index contributed by atoms with van der Waals surface area (Å²) in [6, 6.07) is 9.61. The lowest BCUT2D eigenvalue weighted by Gasteiger charge is -2.29. The Morgan fingerprint density at radius 2 is 1.95 bits per heavy atom. The molecule has 0 spiro atoms. The molecule has 2 aromatic rings. The van der Waals surface area contributed by atoms with Gasteiger partial charge in [0, 0.05) is 25.5 Å². The van der Waals surface area contributed by atoms with E-state index in [9.17, 15) is 14.7 Å². The molecule has 5 heteroatoms. The number of nitrogens with zero attached hydrogens (tertiary/aromatic N) is 2. The Hall–Kier alpha value is -2.69. The van der Waals surface area contributed by atoms with Crippen molar-refractivity contribution in [1.82, 2.24) is 9.88 Å². The van der Waals surface area contributed by atoms with E-state index in [4.69, 9.17) is 0 Å². The van der Waals surface area contributed by atoms with Crippen molar-refractivity contribution < 1.29 is 14.7 Å². The minimum Gasteiger partial charge on any atom is -0.478 e. The van der Waals surface area contributed by atoms with Crippen LogP contribution in [0.3, 0.4) is 0 Å². The number of fused-ring (bicyclic) bond motifs is 1. The lowest BCUT2D eigenvalue weighted by molar-refractivity contribution is -0.131. The minimum atomic E-state index is -0.964. The number of carbonyl (C=O) groups is 2. The summed E-state index contributed by atoms with van der Waals surface area (Å²) in [5, 5.41) is 9.19. The third-order valence-electron chi connectivity index (χ3n) is 3.92. The van der Waals surface area contributed by atoms with Crippen LogP contribution in [0.5, 0.6) is 0 Å². The quantitative estimate of drug-likeness (QED) is 0.939. The standard InChI is InChI=1S/C17H16N2O3/c20-16(8-12-4-2-1-3-5-12)19-7-6-14-13(11-19)9-18-10-15(14)17(21)22/h1-5,9-10H,6-8,11H2,(H,21,22). The van der Waals surface area contributed by atoms with E-state index < -0.39 is 5.97 Å². The third-order valence-corrected chi connectivity index (χ3v) is 3.92. The zero-order valence-electron chi connectivity index (χ0n) is 12.0. The number of carboxylic acid groups (broad SMARTS) is 1. The molecule has 0 saturated heterocycles. The molecule has 22 heavy (non-hydrogen) atoms. The predicted molar refractivity (Wildman–Crippen MR) is 80.5 cm³/mol. The molecule has 2 heterocycles. The first-order chi connectivity index (χ1) is 10.6. The number of hydrogen-bond donors (Lipinski definition) is 1. The van der Waals surface area contributed by atoms with Crippen molar-refractivity contribution >= 4 is 11.9 Å². The minimum absolute atomic E-state index is 0.0533. The number of aromatic carboxylic acids is 1. The number of hydrogen-bond acceptors (Lipinski definition) is 3. The van der Waals surface area contributed by atoms with E-state index in [1.54, 1.807) is 11.1 Å². The summed E-state index contributed by atoms with van der Waals surface area (Å²) in [7, 11) is 0. The van der Waals surface area contributed by atoms with Crippen LogP contribution in [-0.4, -0.2) is 33.4 Å². The first-order valence-corrected chi connectivity index (χ1v) is 7.16. The topological polar surface area (TPSA) is 70.5 Å². The molecular formula is C17H16N2O3. The van der Waals surface area contributed by atoms with Crippen molar-refractivity contribution in [2.24, 2.45) is 0 Å². The van der Waals surface area contributed by atoms with E-state index in [0.717, 1.165) is 16.7 Å². The van der Waals surface area contributed by atoms with Crippen LogP contribution < -0.4 is 0 Å². The molecule has 1 N–H and O–H groups in total. The van der Waals surface area contributed by atoms with Gasteiger partial charge < -0.3 is 10.0 Å². The number of carboxylic acids is 1. The summed E-state index contributed by atoms with van der Waals surface area (Å²) in [5.41, 5.74) is 2.85. The average Bonchev–Trinajstić information content (AvgIpc) is 2.54. The fourth-order valence-corrected chi connectivity index (χ4v) is 2.77. The smallest absolute Gasteiger partial charge is 0.337 e. The van der Waals surface area contributed by atoms with Gasteiger partial charge in [0.1, 0.15) is 0 Å². The SMILES string of the molecule is O=C(O)c1cncc2c1CCN(C(=O)Cc1ccccc1)C2. The van der Waals surface area contributed by atoms with Gasteiger partial charge in [-0.2, -0.15) is 0 Å². The maximum Gasteiger partial charge on any atom is 0.337 e. The van der Waals surface area contributed by atoms with Gasteiger partial charge in [-0.3, -0.25) is 9.78 Å². The summed E-state index contributed by atoms with van der Waals surface area (Å²) in [6.07, 6.45) is 3.95. The van der Waals surface area contributed by atoms with Gasteiger partial charge in [-0.25, -0.2) is 4.79 Å². The molecule has 0 bridgehead atoms. The van der Waals surface area contributed by atoms with E-state index in [1.165, 1.54) is 6.20 Å². The molecule has 0 fully saturated rings. The second-order valence-corrected chi connectivity index (χ2v) is 5.36. The number of benzene rings is 1. The van der Waals surface area contributed by atoms with Gasteiger partial charge in [0.15, 0.2) is 0 Å². The van der Waals surface area contributed by atoms with Crippen molar-refractivity contribution in [1.29, 1.82) is 0 Å². The Bertz CT molecular complexity index is 713. The molecule has 0 unspecified atom stereocenters. The number of pyridine rings is 1. The normalized spacial score (nSPS) is 13.5. The van der Waals surface area contributed by atoms with Crippen LogP contribution in [0.1, 0.15) is 27.0 Å². The van der Waals surface area contributed by atoms with E-state index >= 15 is 0 Å². The fourth-order valence-electron chi connectivity index (χ4n) is 2.77. The predicted octanol–water partition coefficient (Wildman–Crippen LogP) is 1.91. The molecule has 1 aliphatic rings. The van der Waals surface area contributed by atoms with Gasteiger partial charge in [0.05, 0.1) is 12.0 Å². The van der Waals surface area contributed by atoms with Crippen LogP contribution in [0.4, 0.5) is 0 Å². The summed E-state index contributed by atoms with van der Waals surface area (Å²) in [5.74, 6) is -0.911. The van der Waals surface area contributed by atoms with Gasteiger partial charge in [0.25, 0.3) is 0 Å². The zero-order valence-corrected chi connectivity index (χ0v) is 12.0. The highest BCUT2D eigenvalue weighted by molar-refractivity contribution is 5.89. The van der Waals surface area contributed by atoms with Gasteiger partial charge in [0.2, 0.25) is 5.91 Å². The Kier molecular flexibility index (Phi) is 3.87. The molecule has 1 aromatic heterocycles. The summed E-state index contributed by atoms with van der Waals surface area (Å²) < 4.78 is 0. The van der Waals surface area contributed by atoms with Crippen LogP contribution >= 0.6 is 0 Å². The number of carbonyl (C=O) groups excluding carboxylic acids is 1. The van der Waals surface area contributed by atoms with Gasteiger partial charge in [-0.1, -0.05) is 30.3 Å². The van der Waals surface area contributed by atoms with E-state index in [1.807, 2.05) is 30.3 Å². The van der Waals surface area contributed by atoms with Crippen LogP contribution in [-0.2, 0) is 24.2 Å². The van der Waals surface area contributed by atoms with Crippen molar-refractivity contribution in [2.45, 2.75) is 19.4 Å². The number of aromatic nitrogens is 1. The molecule has 5 nitrogen and oxygen atoms in total. The van der Waals surface area contributed by atoms with E-state index in [2.05, 4.69) is 4.98 Å². The third kappa shape index (κ3) is 2.83. The van der Waals surface area contributed by atoms with Crippen LogP contribution in [0.25, 0.3) is 0 Å². The highest BCUT2D eigenvalue weighted by Gasteiger charge is 2.24. The highest BCUT2D eigenvalue weighted by atomic mass is 16.4. The molecule has 0 atom stereocenters. The molecule has 0 saturated carbocycles. The van der Waals surface area contributed by atoms with Crippen molar-refractivity contribution in [3.8, 4) is 0 Å². The monoisotopic (exact) mass is 296 g/mol. The Labute approximate surface area is 128 Å². The fraction of sp³-hybridized carbons (Fsp3) is 0.235. The maximum absolute atomic E-state index is 12.4. The summed E-state index contributed by atoms with van der Waals surface area (Å²) in [4.78, 5) is 29.3. The molecule has 0 radical (unpaired) electrons. The molecule has 1 amide bonds. The van der Waals surface area contributed by atoms with E-state index in [0.29, 0.717) is 25.9 Å². The highest BCUT2D eigenvalue weighted by Crippen LogP contribution is 2.22. The van der Waals surface area contributed by atoms with Crippen molar-refractivity contribution in [3.63, 3.8) is 0 Å². The van der Waals surface area contributed by atoms with Gasteiger partial charge in [-0.05, 0) is 23.1 Å². The maximum atomic E-state index is 12.4. The summed E-state index contributed by atoms with van der Waals surface area (Å²) in [6.45, 7) is 0.970. The first-order valence-electron chi connectivity index (χ1n) is 7.16. The number of rotatable bonds is 3. The number of amides is 1. The Morgan fingerprint density at radius 1 is 1.18 bits per heavy atom. The first kappa shape index (κ1) is 14.3. The van der Waals surface area contributed by atoms with Crippen LogP contribution in [0.15, 0.2) is 42.7 Å². The lowest BCUT2D eigenvalue weighted by atomic mass is 9.96. The van der Waals surface area contributed by atoms with E-state index in [-0.39, 0.29) is 11.5 Å². The van der Waals surface area contributed by atoms with Gasteiger partial charge in [-0.15, -0.1) is 0 Å².